The number of carbonyl (C=O) groups excluding carboxylic acids is 2. The van der Waals surface area contributed by atoms with Crippen LogP contribution in [0.15, 0.2) is 22.9 Å². The van der Waals surface area contributed by atoms with E-state index in [4.69, 9.17) is 4.74 Å². The van der Waals surface area contributed by atoms with Crippen molar-refractivity contribution in [3.8, 4) is 0 Å². The Hall–Kier alpha value is -1.10. The van der Waals surface area contributed by atoms with E-state index in [9.17, 15) is 14.7 Å². The molecular weight excluding hydrogens is 373 g/mol. The van der Waals surface area contributed by atoms with Gasteiger partial charge in [0.2, 0.25) is 0 Å². The van der Waals surface area contributed by atoms with Gasteiger partial charge in [0.15, 0.2) is 4.96 Å². The molecule has 25 heavy (non-hydrogen) atoms. The molecule has 1 unspecified atom stereocenters. The second-order valence-corrected chi connectivity index (χ2v) is 7.66. The van der Waals surface area contributed by atoms with Crippen molar-refractivity contribution in [1.29, 1.82) is 0 Å². The predicted octanol–water partition coefficient (Wildman–Crippen LogP) is -2.64. The van der Waals surface area contributed by atoms with Gasteiger partial charge in [-0.2, -0.15) is 0 Å². The number of carbonyl (C=O) groups is 2. The molecule has 0 spiro atoms. The molecule has 5 heterocycles. The summed E-state index contributed by atoms with van der Waals surface area (Å²) in [6, 6.07) is 0. The zero-order valence-electron chi connectivity index (χ0n) is 13.2. The summed E-state index contributed by atoms with van der Waals surface area (Å²) < 4.78 is 7.51. The zero-order valence-corrected chi connectivity index (χ0v) is 16.9. The van der Waals surface area contributed by atoms with Crippen LogP contribution in [-0.4, -0.2) is 38.1 Å². The Morgan fingerprint density at radius 1 is 1.48 bits per heavy atom. The average molecular weight is 383 g/mol. The Kier molecular flexibility index (Phi) is 4.33. The van der Waals surface area contributed by atoms with Crippen molar-refractivity contribution in [3.05, 3.63) is 39.1 Å². The second-order valence-electron chi connectivity index (χ2n) is 5.65. The zero-order chi connectivity index (χ0) is 16.4. The van der Waals surface area contributed by atoms with Gasteiger partial charge < -0.3 is 14.6 Å². The van der Waals surface area contributed by atoms with E-state index in [0.29, 0.717) is 24.5 Å². The first-order chi connectivity index (χ1) is 11.6. The first-order valence-electron chi connectivity index (χ1n) is 7.33. The van der Waals surface area contributed by atoms with E-state index in [1.807, 2.05) is 6.20 Å². The number of hydrogen-bond acceptors (Lipinski definition) is 7. The van der Waals surface area contributed by atoms with Crippen LogP contribution in [0, 0.1) is 0 Å². The fourth-order valence-corrected chi connectivity index (χ4v) is 5.35. The van der Waals surface area contributed by atoms with E-state index in [1.165, 1.54) is 32.6 Å². The number of ether oxygens (including phenoxy) is 1. The molecule has 0 aromatic carbocycles. The number of β-lactam (4-membered cyclic amide) rings is 1. The largest absolute Gasteiger partial charge is 1.00 e. The molecule has 0 aliphatic carbocycles. The summed E-state index contributed by atoms with van der Waals surface area (Å²) in [5.74, 6) is -1.62. The average Bonchev–Trinajstić information content (AvgIpc) is 3.22. The number of imidazole rings is 1. The van der Waals surface area contributed by atoms with Crippen molar-refractivity contribution in [2.75, 3.05) is 6.61 Å². The van der Waals surface area contributed by atoms with Gasteiger partial charge in [-0.05, 0) is 11.5 Å². The molecule has 7 nitrogen and oxygen atoms in total. The Morgan fingerprint density at radius 3 is 3.12 bits per heavy atom. The van der Waals surface area contributed by atoms with Gasteiger partial charge in [-0.25, -0.2) is 4.98 Å². The fourth-order valence-electron chi connectivity index (χ4n) is 3.14. The van der Waals surface area contributed by atoms with E-state index in [0.717, 1.165) is 11.4 Å². The van der Waals surface area contributed by atoms with Crippen molar-refractivity contribution in [2.24, 2.45) is 0 Å². The molecule has 122 valence electrons. The first kappa shape index (κ1) is 17.3. The van der Waals surface area contributed by atoms with Gasteiger partial charge in [-0.1, -0.05) is 11.3 Å². The third kappa shape index (κ3) is 2.53. The molecule has 2 aromatic heterocycles. The molecule has 1 atom stereocenters. The van der Waals surface area contributed by atoms with Gasteiger partial charge in [0.1, 0.15) is 5.37 Å². The SMILES string of the molecule is O=C([O-])C1=CSC2/C(=C\c3cn4c5c(sc4n3)COCC5)C(=O)N12.[Na+]. The van der Waals surface area contributed by atoms with Gasteiger partial charge in [0, 0.05) is 18.3 Å². The molecular formula is C15H10N3NaO4S2. The molecule has 0 saturated carbocycles. The Morgan fingerprint density at radius 2 is 2.32 bits per heavy atom. The topological polar surface area (TPSA) is 87.0 Å². The predicted molar refractivity (Wildman–Crippen MR) is 85.7 cm³/mol. The molecule has 1 fully saturated rings. The van der Waals surface area contributed by atoms with E-state index >= 15 is 0 Å². The van der Waals surface area contributed by atoms with E-state index in [2.05, 4.69) is 9.38 Å². The first-order valence-corrected chi connectivity index (χ1v) is 9.09. The number of aliphatic carboxylic acids is 1. The normalized spacial score (nSPS) is 23.1. The maximum absolute atomic E-state index is 12.2. The van der Waals surface area contributed by atoms with Crippen LogP contribution in [0.2, 0.25) is 0 Å². The van der Waals surface area contributed by atoms with Gasteiger partial charge in [0.05, 0.1) is 41.0 Å². The number of thiazole rings is 1. The van der Waals surface area contributed by atoms with Crippen molar-refractivity contribution >= 4 is 46.0 Å². The summed E-state index contributed by atoms with van der Waals surface area (Å²) in [7, 11) is 0. The number of hydrogen-bond donors (Lipinski definition) is 0. The molecule has 10 heteroatoms. The third-order valence-electron chi connectivity index (χ3n) is 4.28. The van der Waals surface area contributed by atoms with Gasteiger partial charge >= 0.3 is 29.6 Å². The summed E-state index contributed by atoms with van der Waals surface area (Å²) >= 11 is 2.90. The van der Waals surface area contributed by atoms with Gasteiger partial charge in [-0.3, -0.25) is 14.1 Å². The van der Waals surface area contributed by atoms with Crippen LogP contribution < -0.4 is 34.7 Å². The molecule has 2 aromatic rings. The third-order valence-corrected chi connectivity index (χ3v) is 6.43. The molecule has 0 N–H and O–H groups in total. The molecule has 1 amide bonds. The quantitative estimate of drug-likeness (QED) is 0.320. The molecule has 0 radical (unpaired) electrons. The summed E-state index contributed by atoms with van der Waals surface area (Å²) in [5, 5.41) is 12.2. The van der Waals surface area contributed by atoms with Crippen LogP contribution in [-0.2, 0) is 27.4 Å². The summed E-state index contributed by atoms with van der Waals surface area (Å²) in [6.07, 6.45) is 4.52. The number of amides is 1. The van der Waals surface area contributed by atoms with Crippen molar-refractivity contribution in [2.45, 2.75) is 18.4 Å². The van der Waals surface area contributed by atoms with Crippen LogP contribution in [0.5, 0.6) is 0 Å². The molecule has 0 bridgehead atoms. The maximum Gasteiger partial charge on any atom is 1.00 e. The molecule has 3 aliphatic heterocycles. The number of carboxylic acids is 1. The minimum atomic E-state index is -1.33. The maximum atomic E-state index is 12.2. The monoisotopic (exact) mass is 383 g/mol. The van der Waals surface area contributed by atoms with Crippen LogP contribution in [0.25, 0.3) is 11.0 Å². The minimum Gasteiger partial charge on any atom is -0.543 e. The van der Waals surface area contributed by atoms with Crippen molar-refractivity contribution < 1.29 is 49.0 Å². The summed E-state index contributed by atoms with van der Waals surface area (Å²) in [4.78, 5) is 31.1. The number of rotatable bonds is 2. The number of carboxylic acid groups (broad SMARTS) is 1. The molecule has 3 aliphatic rings. The van der Waals surface area contributed by atoms with Crippen molar-refractivity contribution in [1.82, 2.24) is 14.3 Å². The van der Waals surface area contributed by atoms with Crippen LogP contribution in [0.4, 0.5) is 0 Å². The van der Waals surface area contributed by atoms with Gasteiger partial charge in [0.25, 0.3) is 5.91 Å². The second kappa shape index (κ2) is 6.26. The van der Waals surface area contributed by atoms with Crippen LogP contribution in [0.1, 0.15) is 16.3 Å². The number of fused-ring (bicyclic) bond motifs is 4. The smallest absolute Gasteiger partial charge is 0.543 e. The Balaban J connectivity index is 0.00000157. The van der Waals surface area contributed by atoms with E-state index in [1.54, 1.807) is 17.4 Å². The van der Waals surface area contributed by atoms with E-state index in [-0.39, 0.29) is 46.5 Å². The van der Waals surface area contributed by atoms with Gasteiger partial charge in [-0.15, -0.1) is 11.8 Å². The van der Waals surface area contributed by atoms with Crippen LogP contribution >= 0.6 is 23.1 Å². The summed E-state index contributed by atoms with van der Waals surface area (Å²) in [5.41, 5.74) is 2.43. The number of thioether (sulfide) groups is 1. The number of nitrogens with zero attached hydrogens (tertiary/aromatic N) is 3. The van der Waals surface area contributed by atoms with Crippen LogP contribution in [0.3, 0.4) is 0 Å². The Bertz CT molecular complexity index is 977. The Labute approximate surface area is 172 Å². The minimum absolute atomic E-state index is 0. The number of aromatic nitrogens is 2. The fraction of sp³-hybridized carbons (Fsp3) is 0.267. The molecule has 1 saturated heterocycles. The molecule has 5 rings (SSSR count). The van der Waals surface area contributed by atoms with E-state index < -0.39 is 5.97 Å². The standard InChI is InChI=1S/C15H11N3O4S2.Na/c19-12-8(13-18(12)10(6-23-13)14(20)21)3-7-4-17-9-1-2-22-5-11(9)24-15(17)16-7;/h3-4,6,13H,1-2,5H2,(H,20,21);/q;+1/p-1/b8-3-;. The summed E-state index contributed by atoms with van der Waals surface area (Å²) in [6.45, 7) is 1.33. The van der Waals surface area contributed by atoms with Crippen molar-refractivity contribution in [3.63, 3.8) is 0 Å².